The van der Waals surface area contributed by atoms with E-state index in [1.54, 1.807) is 0 Å². The van der Waals surface area contributed by atoms with Crippen molar-refractivity contribution < 1.29 is 0 Å². The summed E-state index contributed by atoms with van der Waals surface area (Å²) in [6, 6.07) is 0. The molecular weight excluding hydrogens is 556 g/mol. The van der Waals surface area contributed by atoms with E-state index < -0.39 is 0 Å². The maximum atomic E-state index is 3.93. The summed E-state index contributed by atoms with van der Waals surface area (Å²) in [7, 11) is 7.34. The first kappa shape index (κ1) is 21.5. The van der Waals surface area contributed by atoms with Gasteiger partial charge in [0, 0.05) is 28.3 Å². The molecule has 2 spiro atoms. The molecule has 0 aromatic heterocycles. The molecule has 17 aliphatic carbocycles. The van der Waals surface area contributed by atoms with Crippen LogP contribution in [0.2, 0.25) is 0 Å². The molecule has 46 heavy (non-hydrogen) atoms. The van der Waals surface area contributed by atoms with E-state index in [0.29, 0.717) is 21.8 Å². The third-order valence-corrected chi connectivity index (χ3v) is 20.9. The normalized spacial score (nSPS) is 65.7. The van der Waals surface area contributed by atoms with Crippen molar-refractivity contribution in [3.05, 3.63) is 92.1 Å². The third kappa shape index (κ3) is 1.23. The molecule has 0 heterocycles. The Balaban J connectivity index is 1.13. The van der Waals surface area contributed by atoms with Crippen LogP contribution in [0.3, 0.4) is 0 Å². The quantitative estimate of drug-likeness (QED) is 0.409. The van der Waals surface area contributed by atoms with Crippen molar-refractivity contribution in [3.63, 3.8) is 0 Å². The predicted molar refractivity (Wildman–Crippen MR) is 174 cm³/mol. The van der Waals surface area contributed by atoms with E-state index in [9.17, 15) is 0 Å². The van der Waals surface area contributed by atoms with E-state index in [1.165, 1.54) is 19.4 Å². The van der Waals surface area contributed by atoms with Crippen molar-refractivity contribution >= 4 is 11.1 Å². The first-order chi connectivity index (χ1) is 22.7. The highest BCUT2D eigenvalue weighted by atomic mass is 15.4. The maximum absolute atomic E-state index is 3.93. The minimum atomic E-state index is 0.338. The second kappa shape index (κ2) is 5.24. The van der Waals surface area contributed by atoms with Crippen LogP contribution < -0.4 is 5.32 Å². The van der Waals surface area contributed by atoms with Gasteiger partial charge in [0.25, 0.3) is 0 Å². The molecule has 6 fully saturated rings. The van der Waals surface area contributed by atoms with Crippen molar-refractivity contribution in [1.29, 1.82) is 0 Å². The third-order valence-electron chi connectivity index (χ3n) is 20.9. The summed E-state index contributed by atoms with van der Waals surface area (Å²) < 4.78 is 0. The van der Waals surface area contributed by atoms with E-state index >= 15 is 0 Å². The topological polar surface area (TPSA) is 15.3 Å². The minimum Gasteiger partial charge on any atom is -0.319 e. The largest absolute Gasteiger partial charge is 0.319 e. The van der Waals surface area contributed by atoms with Crippen molar-refractivity contribution in [2.45, 2.75) is 42.1 Å². The Hall–Kier alpha value is -2.42. The molecule has 0 aliphatic heterocycles. The van der Waals surface area contributed by atoms with Gasteiger partial charge in [-0.2, -0.15) is 0 Å². The van der Waals surface area contributed by atoms with Crippen molar-refractivity contribution in [2.75, 3.05) is 27.7 Å². The lowest BCUT2D eigenvalue weighted by Gasteiger charge is -2.62. The zero-order valence-electron chi connectivity index (χ0n) is 26.8. The van der Waals surface area contributed by atoms with Gasteiger partial charge in [0.05, 0.1) is 0 Å². The smallest absolute Gasteiger partial charge is 0.0433 e. The number of fused-ring (bicyclic) bond motifs is 8. The fourth-order valence-corrected chi connectivity index (χ4v) is 22.0. The summed E-state index contributed by atoms with van der Waals surface area (Å²) >= 11 is 0. The molecule has 2 nitrogen and oxygen atoms in total. The Morgan fingerprint density at radius 2 is 1.17 bits per heavy atom. The van der Waals surface area contributed by atoms with Gasteiger partial charge in [0.15, 0.2) is 0 Å². The van der Waals surface area contributed by atoms with Gasteiger partial charge in [-0.15, -0.1) is 0 Å². The summed E-state index contributed by atoms with van der Waals surface area (Å²) in [5.41, 5.74) is 25.3. The Morgan fingerprint density at radius 1 is 0.609 bits per heavy atom. The molecular formula is C44H38N2. The molecule has 1 N–H and O–H groups in total. The number of hydrogen-bond donors (Lipinski definition) is 1. The lowest BCUT2D eigenvalue weighted by Crippen LogP contribution is -2.66. The Morgan fingerprint density at radius 3 is 1.87 bits per heavy atom. The van der Waals surface area contributed by atoms with Crippen LogP contribution in [0.15, 0.2) is 58.7 Å². The highest BCUT2D eigenvalue weighted by Gasteiger charge is 3.18. The summed E-state index contributed by atoms with van der Waals surface area (Å²) in [4.78, 5) is 2.86. The van der Waals surface area contributed by atoms with E-state index in [2.05, 4.69) is 79.0 Å². The van der Waals surface area contributed by atoms with Gasteiger partial charge >= 0.3 is 0 Å². The number of allylic oxidation sites excluding steroid dienone is 11. The first-order valence-electron chi connectivity index (χ1n) is 19.5. The summed E-state index contributed by atoms with van der Waals surface area (Å²) in [5, 5.41) is 3.93. The van der Waals surface area contributed by atoms with Gasteiger partial charge in [-0.25, -0.2) is 0 Å². The maximum Gasteiger partial charge on any atom is 0.0433 e. The first-order valence-corrected chi connectivity index (χ1v) is 19.5. The monoisotopic (exact) mass is 594 g/mol. The van der Waals surface area contributed by atoms with Crippen molar-refractivity contribution in [2.24, 2.45) is 87.3 Å². The van der Waals surface area contributed by atoms with Crippen LogP contribution in [0, 0.1) is 87.3 Å². The SMILES string of the molecule is CNCC12C3C4C=CC5C6CCC7c8c6c6c9c%10c8C8C7C=CC7C%11C=CC%12C%13C%14=C(C%10=C(C%11%13)C78)C9=C(C4C65)C31C%141C%12C21N(C)C. The van der Waals surface area contributed by atoms with Crippen LogP contribution in [0.4, 0.5) is 0 Å². The van der Waals surface area contributed by atoms with Gasteiger partial charge in [0.1, 0.15) is 0 Å². The molecule has 0 bridgehead atoms. The van der Waals surface area contributed by atoms with E-state index in [-0.39, 0.29) is 0 Å². The molecule has 224 valence electrons. The number of rotatable bonds is 3. The van der Waals surface area contributed by atoms with Crippen molar-refractivity contribution in [3.8, 4) is 0 Å². The summed E-state index contributed by atoms with van der Waals surface area (Å²) in [6.07, 6.45) is 20.1. The number of nitrogens with one attached hydrogen (secondary N) is 1. The molecule has 0 saturated heterocycles. The molecule has 0 radical (unpaired) electrons. The fraction of sp³-hybridized carbons (Fsp3) is 0.591. The summed E-state index contributed by atoms with van der Waals surface area (Å²) in [5.74, 6) is 12.5. The number of hydrogen-bond acceptors (Lipinski definition) is 2. The van der Waals surface area contributed by atoms with Crippen LogP contribution in [-0.4, -0.2) is 38.1 Å². The van der Waals surface area contributed by atoms with Crippen LogP contribution in [0.25, 0.3) is 11.1 Å². The number of benzene rings is 1. The lowest BCUT2D eigenvalue weighted by atomic mass is 9.44. The van der Waals surface area contributed by atoms with Crippen LogP contribution in [0.5, 0.6) is 0 Å². The van der Waals surface area contributed by atoms with Gasteiger partial charge in [0.2, 0.25) is 0 Å². The molecule has 18 rings (SSSR count). The average Bonchev–Trinajstić information content (AvgIpc) is 3.49. The van der Waals surface area contributed by atoms with Crippen LogP contribution in [-0.2, 0) is 0 Å². The molecule has 2 heteroatoms. The van der Waals surface area contributed by atoms with E-state index in [1.807, 2.05) is 55.7 Å². The molecule has 1 aromatic carbocycles. The molecule has 0 amide bonds. The van der Waals surface area contributed by atoms with Crippen molar-refractivity contribution in [1.82, 2.24) is 10.2 Å². The Kier molecular flexibility index (Phi) is 2.45. The molecule has 17 aliphatic rings. The Labute approximate surface area is 269 Å². The van der Waals surface area contributed by atoms with E-state index in [4.69, 9.17) is 0 Å². The fourth-order valence-electron chi connectivity index (χ4n) is 22.0. The molecule has 1 aromatic rings. The minimum absolute atomic E-state index is 0.338. The van der Waals surface area contributed by atoms with Gasteiger partial charge in [-0.3, -0.25) is 0 Å². The van der Waals surface area contributed by atoms with Gasteiger partial charge in [-0.1, -0.05) is 42.0 Å². The number of nitrogens with zero attached hydrogens (tertiary/aromatic N) is 1. The van der Waals surface area contributed by atoms with Gasteiger partial charge < -0.3 is 10.2 Å². The highest BCUT2D eigenvalue weighted by Crippen LogP contribution is 3.16. The second-order valence-electron chi connectivity index (χ2n) is 20.1. The second-order valence-corrected chi connectivity index (χ2v) is 20.1. The van der Waals surface area contributed by atoms with Gasteiger partial charge in [-0.05, 0) is 190 Å². The molecule has 20 unspecified atom stereocenters. The lowest BCUT2D eigenvalue weighted by molar-refractivity contribution is -0.0319. The summed E-state index contributed by atoms with van der Waals surface area (Å²) in [6.45, 7) is 1.22. The highest BCUT2D eigenvalue weighted by molar-refractivity contribution is 6.18. The molecule has 6 saturated carbocycles. The van der Waals surface area contributed by atoms with E-state index in [0.717, 1.165) is 94.7 Å². The zero-order valence-corrected chi connectivity index (χ0v) is 26.8. The average molecular weight is 595 g/mol. The van der Waals surface area contributed by atoms with Crippen LogP contribution in [0.1, 0.15) is 69.9 Å². The zero-order chi connectivity index (χ0) is 28.8. The van der Waals surface area contributed by atoms with Crippen LogP contribution >= 0.6 is 0 Å². The molecule has 20 atom stereocenters. The predicted octanol–water partition coefficient (Wildman–Crippen LogP) is 6.38. The Bertz CT molecular complexity index is 2310. The standard InChI is InChI=1S/C44H38N2/c1-45-12-41-39-19-10-8-17-15-6-4-13-14-5-7-16-18-9-11-20-28-26(18)31-24(16)22(14)29-21(13)23(15)30-25(17)27(19)37-35-33(30)32(29)34(31)36(35)38(28)43(42(37,39)41)40(20)44(41,43)46(2)3/h5,7-11,13-20,22,24-28,39-40,45H,4,6,12H2,1-3H3.